The normalized spacial score (nSPS) is 10.7. The molecule has 5 aromatic rings. The molecular formula is C34H19Cl3F7N5O5. The zero-order chi connectivity index (χ0) is 39.7. The molecule has 20 heteroatoms. The monoisotopic (exact) mass is 815 g/mol. The molecule has 10 nitrogen and oxygen atoms in total. The van der Waals surface area contributed by atoms with E-state index in [4.69, 9.17) is 39.5 Å². The third-order valence-corrected chi connectivity index (χ3v) is 7.30. The molecule has 1 heterocycles. The van der Waals surface area contributed by atoms with Crippen LogP contribution in [0.15, 0.2) is 91.1 Å². The molecule has 54 heavy (non-hydrogen) atoms. The zero-order valence-corrected chi connectivity index (χ0v) is 28.7. The lowest BCUT2D eigenvalue weighted by Crippen LogP contribution is -2.35. The molecule has 0 aliphatic carbocycles. The maximum absolute atomic E-state index is 13.7. The molecule has 6 amide bonds. The summed E-state index contributed by atoms with van der Waals surface area (Å²) in [5.74, 6) is -7.45. The first kappa shape index (κ1) is 40.9. The molecule has 0 aliphatic rings. The minimum atomic E-state index is -4.66. The fourth-order valence-corrected chi connectivity index (χ4v) is 4.52. The van der Waals surface area contributed by atoms with Crippen molar-refractivity contribution in [1.29, 1.82) is 0 Å². The summed E-state index contributed by atoms with van der Waals surface area (Å²) in [4.78, 5) is 50.8. The van der Waals surface area contributed by atoms with E-state index in [0.717, 1.165) is 42.5 Å². The fourth-order valence-electron chi connectivity index (χ4n) is 4.04. The summed E-state index contributed by atoms with van der Waals surface area (Å²) in [5.41, 5.74) is -2.47. The first-order chi connectivity index (χ1) is 25.4. The van der Waals surface area contributed by atoms with Crippen LogP contribution in [0.25, 0.3) is 0 Å². The van der Waals surface area contributed by atoms with Crippen molar-refractivity contribution < 1.29 is 54.6 Å². The first-order valence-corrected chi connectivity index (χ1v) is 15.6. The number of urea groups is 2. The van der Waals surface area contributed by atoms with Crippen LogP contribution in [0.2, 0.25) is 15.1 Å². The highest BCUT2D eigenvalue weighted by molar-refractivity contribution is 6.33. The number of nitrogens with zero attached hydrogens (tertiary/aromatic N) is 1. The van der Waals surface area contributed by atoms with Crippen molar-refractivity contribution in [2.45, 2.75) is 6.18 Å². The molecule has 4 N–H and O–H groups in total. The third kappa shape index (κ3) is 11.0. The summed E-state index contributed by atoms with van der Waals surface area (Å²) in [6.45, 7) is 0. The molecule has 0 radical (unpaired) electrons. The first-order valence-electron chi connectivity index (χ1n) is 14.5. The van der Waals surface area contributed by atoms with E-state index in [1.165, 1.54) is 36.4 Å². The van der Waals surface area contributed by atoms with E-state index in [2.05, 4.69) is 15.6 Å². The van der Waals surface area contributed by atoms with Crippen molar-refractivity contribution in [3.63, 3.8) is 0 Å². The van der Waals surface area contributed by atoms with Gasteiger partial charge in [0, 0.05) is 28.7 Å². The standard InChI is InChI=1S/C20H10Cl2F5N3O3.C14H9ClF2N2O2/c21-11-5-4-10(29-19(32)30-17(31)16-13(23)2-1-3-14(16)24)7-15(11)33-18-12(22)6-9(8-28-18)20(25,26)27;15-8-4-6-9(7-5-8)18-14(21)19-13(20)12-10(16)2-1-3-11(12)17/h1-8H,(H2,29,30,31,32);1-7H,(H2,18,19,20,21). The van der Waals surface area contributed by atoms with Crippen LogP contribution in [-0.4, -0.2) is 28.9 Å². The molecule has 280 valence electrons. The number of halogens is 10. The Kier molecular flexibility index (Phi) is 13.4. The van der Waals surface area contributed by atoms with Gasteiger partial charge in [0.15, 0.2) is 0 Å². The average Bonchev–Trinajstić information content (AvgIpc) is 3.07. The second kappa shape index (κ2) is 17.7. The summed E-state index contributed by atoms with van der Waals surface area (Å²) in [7, 11) is 0. The van der Waals surface area contributed by atoms with Crippen LogP contribution in [0.4, 0.5) is 51.7 Å². The number of aromatic nitrogens is 1. The predicted octanol–water partition coefficient (Wildman–Crippen LogP) is 10.0. The number of amides is 6. The quantitative estimate of drug-likeness (QED) is 0.126. The summed E-state index contributed by atoms with van der Waals surface area (Å²) < 4.78 is 97.6. The Morgan fingerprint density at radius 3 is 1.54 bits per heavy atom. The van der Waals surface area contributed by atoms with Crippen LogP contribution in [0.5, 0.6) is 11.6 Å². The molecule has 0 spiro atoms. The molecule has 0 saturated heterocycles. The van der Waals surface area contributed by atoms with E-state index in [-0.39, 0.29) is 16.5 Å². The van der Waals surface area contributed by atoms with Gasteiger partial charge in [0.25, 0.3) is 11.8 Å². The molecule has 0 unspecified atom stereocenters. The number of hydrogen-bond acceptors (Lipinski definition) is 6. The Hall–Kier alpha value is -5.91. The van der Waals surface area contributed by atoms with Crippen LogP contribution in [0.1, 0.15) is 26.3 Å². The smallest absolute Gasteiger partial charge is 0.417 e. The van der Waals surface area contributed by atoms with Crippen molar-refractivity contribution in [2.75, 3.05) is 10.6 Å². The molecule has 1 aromatic heterocycles. The van der Waals surface area contributed by atoms with Gasteiger partial charge in [0.05, 0.1) is 10.6 Å². The summed E-state index contributed by atoms with van der Waals surface area (Å²) in [6, 6.07) is 14.1. The number of hydrogen-bond donors (Lipinski definition) is 4. The van der Waals surface area contributed by atoms with E-state index in [0.29, 0.717) is 23.0 Å². The summed E-state index contributed by atoms with van der Waals surface area (Å²) in [5, 5.41) is 8.17. The fraction of sp³-hybridized carbons (Fsp3) is 0.0294. The van der Waals surface area contributed by atoms with Crippen LogP contribution in [-0.2, 0) is 6.18 Å². The Labute approximate surface area is 314 Å². The lowest BCUT2D eigenvalue weighted by atomic mass is 10.2. The van der Waals surface area contributed by atoms with E-state index in [1.54, 1.807) is 5.32 Å². The van der Waals surface area contributed by atoms with Gasteiger partial charge in [-0.25, -0.2) is 32.1 Å². The number of carbonyl (C=O) groups excluding carboxylic acids is 4. The summed E-state index contributed by atoms with van der Waals surface area (Å²) >= 11 is 17.5. The van der Waals surface area contributed by atoms with Gasteiger partial charge in [-0.15, -0.1) is 0 Å². The van der Waals surface area contributed by atoms with E-state index in [9.17, 15) is 49.9 Å². The van der Waals surface area contributed by atoms with Crippen LogP contribution in [0, 0.1) is 23.3 Å². The number of anilines is 2. The molecule has 0 saturated carbocycles. The lowest BCUT2D eigenvalue weighted by Gasteiger charge is -2.12. The minimum absolute atomic E-state index is 0.0109. The van der Waals surface area contributed by atoms with Crippen molar-refractivity contribution in [3.05, 3.63) is 146 Å². The number of alkyl halides is 3. The van der Waals surface area contributed by atoms with Gasteiger partial charge in [-0.2, -0.15) is 13.2 Å². The molecule has 4 aromatic carbocycles. The zero-order valence-electron chi connectivity index (χ0n) is 26.4. The Balaban J connectivity index is 0.000000266. The Morgan fingerprint density at radius 1 is 0.611 bits per heavy atom. The average molecular weight is 817 g/mol. The topological polar surface area (TPSA) is 139 Å². The van der Waals surface area contributed by atoms with Crippen LogP contribution < -0.4 is 26.0 Å². The molecule has 0 aliphatic heterocycles. The molecular weight excluding hydrogens is 798 g/mol. The maximum Gasteiger partial charge on any atom is 0.417 e. The van der Waals surface area contributed by atoms with E-state index < -0.39 is 80.9 Å². The van der Waals surface area contributed by atoms with Crippen LogP contribution >= 0.6 is 34.8 Å². The van der Waals surface area contributed by atoms with Gasteiger partial charge in [-0.3, -0.25) is 20.2 Å². The van der Waals surface area contributed by atoms with Crippen molar-refractivity contribution in [1.82, 2.24) is 15.6 Å². The van der Waals surface area contributed by atoms with Crippen molar-refractivity contribution in [2.24, 2.45) is 0 Å². The molecule has 0 atom stereocenters. The number of rotatable bonds is 6. The van der Waals surface area contributed by atoms with Crippen molar-refractivity contribution in [3.8, 4) is 11.6 Å². The Morgan fingerprint density at radius 2 is 1.07 bits per heavy atom. The highest BCUT2D eigenvalue weighted by atomic mass is 35.5. The third-order valence-electron chi connectivity index (χ3n) is 6.47. The second-order valence-corrected chi connectivity index (χ2v) is 11.5. The number of imide groups is 2. The number of carbonyl (C=O) groups is 4. The van der Waals surface area contributed by atoms with E-state index in [1.807, 2.05) is 5.32 Å². The van der Waals surface area contributed by atoms with Crippen LogP contribution in [0.3, 0.4) is 0 Å². The molecule has 0 fully saturated rings. The molecule has 5 rings (SSSR count). The summed E-state index contributed by atoms with van der Waals surface area (Å²) in [6.07, 6.45) is -4.15. The SMILES string of the molecule is O=C(NC(=O)c1c(F)cccc1F)Nc1ccc(Cl)c(Oc2ncc(C(F)(F)F)cc2Cl)c1.O=C(NC(=O)c1c(F)cccc1F)Nc1ccc(Cl)cc1. The number of ether oxygens (including phenoxy) is 1. The number of nitrogens with one attached hydrogen (secondary N) is 4. The second-order valence-electron chi connectivity index (χ2n) is 10.3. The van der Waals surface area contributed by atoms with Gasteiger partial charge in [-0.05, 0) is 66.7 Å². The lowest BCUT2D eigenvalue weighted by molar-refractivity contribution is -0.137. The minimum Gasteiger partial charge on any atom is -0.436 e. The van der Waals surface area contributed by atoms with Gasteiger partial charge in [0.2, 0.25) is 5.88 Å². The Bertz CT molecular complexity index is 2190. The molecule has 0 bridgehead atoms. The number of pyridine rings is 1. The van der Waals surface area contributed by atoms with Gasteiger partial charge < -0.3 is 15.4 Å². The predicted molar refractivity (Wildman–Crippen MR) is 183 cm³/mol. The van der Waals surface area contributed by atoms with Gasteiger partial charge in [0.1, 0.15) is 45.2 Å². The van der Waals surface area contributed by atoms with Gasteiger partial charge >= 0.3 is 18.2 Å². The highest BCUT2D eigenvalue weighted by Gasteiger charge is 2.32. The van der Waals surface area contributed by atoms with Gasteiger partial charge in [-0.1, -0.05) is 46.9 Å². The van der Waals surface area contributed by atoms with E-state index >= 15 is 0 Å². The number of benzene rings is 4. The highest BCUT2D eigenvalue weighted by Crippen LogP contribution is 2.37. The van der Waals surface area contributed by atoms with Crippen molar-refractivity contribution >= 4 is 70.1 Å². The maximum atomic E-state index is 13.7. The largest absolute Gasteiger partial charge is 0.436 e.